The summed E-state index contributed by atoms with van der Waals surface area (Å²) in [6.07, 6.45) is 23.2. The van der Waals surface area contributed by atoms with Gasteiger partial charge in [0.1, 0.15) is 11.7 Å². The summed E-state index contributed by atoms with van der Waals surface area (Å²) in [7, 11) is 0. The molecule has 0 aromatic carbocycles. The SMILES string of the molecule is CC(C)C1=CC2CC3(C=O)[C@@H]4CC[C@@H](C)[C@H]4CC2([C@H]2C[C@H](CC4CCCC4)[C@H](CN4CCC(CCN5CCCCC5)CC4)O2)[C@]13C(=O)O. The van der Waals surface area contributed by atoms with E-state index in [1.54, 1.807) is 0 Å². The van der Waals surface area contributed by atoms with E-state index in [1.165, 1.54) is 110 Å². The van der Waals surface area contributed by atoms with Crippen LogP contribution in [0.3, 0.4) is 0 Å². The molecule has 4 bridgehead atoms. The van der Waals surface area contributed by atoms with Crippen LogP contribution < -0.4 is 0 Å². The number of likely N-dealkylation sites (tertiary alicyclic amines) is 2. The van der Waals surface area contributed by atoms with E-state index in [9.17, 15) is 14.7 Å². The van der Waals surface area contributed by atoms with Gasteiger partial charge in [0.05, 0.1) is 17.6 Å². The van der Waals surface area contributed by atoms with Gasteiger partial charge >= 0.3 is 5.97 Å². The molecular formula is C42H66N2O4. The van der Waals surface area contributed by atoms with Crippen molar-refractivity contribution in [3.05, 3.63) is 11.6 Å². The van der Waals surface area contributed by atoms with Crippen LogP contribution in [0.4, 0.5) is 0 Å². The van der Waals surface area contributed by atoms with E-state index >= 15 is 0 Å². The molecule has 7 fully saturated rings. The molecule has 0 spiro atoms. The number of ether oxygens (including phenoxy) is 1. The fourth-order valence-electron chi connectivity index (χ4n) is 14.4. The van der Waals surface area contributed by atoms with E-state index in [0.717, 1.165) is 56.1 Å². The van der Waals surface area contributed by atoms with Crippen molar-refractivity contribution in [2.45, 2.75) is 136 Å². The molecule has 0 radical (unpaired) electrons. The van der Waals surface area contributed by atoms with Gasteiger partial charge < -0.3 is 24.4 Å². The minimum atomic E-state index is -1.13. The van der Waals surface area contributed by atoms with Crippen LogP contribution in [-0.4, -0.2) is 78.6 Å². The molecule has 48 heavy (non-hydrogen) atoms. The van der Waals surface area contributed by atoms with Crippen molar-refractivity contribution >= 4 is 12.3 Å². The number of aliphatic carboxylic acids is 1. The van der Waals surface area contributed by atoms with E-state index in [2.05, 4.69) is 36.6 Å². The van der Waals surface area contributed by atoms with Crippen molar-refractivity contribution in [2.24, 2.45) is 63.6 Å². The fourth-order valence-corrected chi connectivity index (χ4v) is 14.4. The lowest BCUT2D eigenvalue weighted by Gasteiger charge is -2.60. The van der Waals surface area contributed by atoms with Crippen LogP contribution >= 0.6 is 0 Å². The Kier molecular flexibility index (Phi) is 9.22. The number of piperidine rings is 2. The maximum absolute atomic E-state index is 14.2. The summed E-state index contributed by atoms with van der Waals surface area (Å²) >= 11 is 0. The monoisotopic (exact) mass is 663 g/mol. The molecule has 0 aromatic heterocycles. The fraction of sp³-hybridized carbons (Fsp3) is 0.905. The molecule has 3 heterocycles. The summed E-state index contributed by atoms with van der Waals surface area (Å²) in [5.74, 6) is 2.79. The molecule has 3 saturated heterocycles. The number of hydrogen-bond donors (Lipinski definition) is 1. The first kappa shape index (κ1) is 33.9. The van der Waals surface area contributed by atoms with Gasteiger partial charge in [-0.3, -0.25) is 4.79 Å². The van der Waals surface area contributed by atoms with Crippen LogP contribution in [0.2, 0.25) is 0 Å². The zero-order chi connectivity index (χ0) is 33.3. The van der Waals surface area contributed by atoms with Gasteiger partial charge in [0.2, 0.25) is 0 Å². The van der Waals surface area contributed by atoms with Crippen molar-refractivity contribution in [3.8, 4) is 0 Å². The summed E-state index contributed by atoms with van der Waals surface area (Å²) < 4.78 is 7.50. The largest absolute Gasteiger partial charge is 0.481 e. The predicted octanol–water partition coefficient (Wildman–Crippen LogP) is 7.85. The van der Waals surface area contributed by atoms with E-state index < -0.39 is 22.2 Å². The van der Waals surface area contributed by atoms with Gasteiger partial charge in [-0.2, -0.15) is 0 Å². The van der Waals surface area contributed by atoms with Crippen LogP contribution in [0.5, 0.6) is 0 Å². The van der Waals surface area contributed by atoms with Crippen LogP contribution in [0, 0.1) is 63.6 Å². The summed E-state index contributed by atoms with van der Waals surface area (Å²) in [6.45, 7) is 14.0. The average Bonchev–Trinajstić information content (AvgIpc) is 3.91. The first-order valence-electron chi connectivity index (χ1n) is 20.8. The minimum Gasteiger partial charge on any atom is -0.481 e. The van der Waals surface area contributed by atoms with Gasteiger partial charge in [-0.15, -0.1) is 0 Å². The Morgan fingerprint density at radius 1 is 0.958 bits per heavy atom. The maximum Gasteiger partial charge on any atom is 0.315 e. The number of allylic oxidation sites excluding steroid dienone is 1. The van der Waals surface area contributed by atoms with E-state index in [4.69, 9.17) is 4.74 Å². The van der Waals surface area contributed by atoms with E-state index in [1.807, 2.05) is 0 Å². The number of rotatable bonds is 11. The standard InChI is InChI=1S/C42H66N2O4/c1-28(2)36-23-33-24-40(27-45)35-12-11-29(3)34(35)25-41(33,42(36,40)39(46)47)38-22-32(21-31-9-5-6-10-31)37(48-38)26-44-19-14-30(15-20-44)13-18-43-16-7-4-8-17-43/h23,27-35,37-38H,4-22,24-26H2,1-3H3,(H,46,47)/t29-,32+,33?,34-,35-,37+,38-,40?,41?,42+/m1/s1. The normalized spacial score (nSPS) is 45.2. The molecule has 268 valence electrons. The third-order valence-corrected chi connectivity index (χ3v) is 16.5. The highest BCUT2D eigenvalue weighted by Gasteiger charge is 2.86. The first-order chi connectivity index (χ1) is 23.2. The topological polar surface area (TPSA) is 70.1 Å². The van der Waals surface area contributed by atoms with Crippen molar-refractivity contribution in [1.82, 2.24) is 9.80 Å². The van der Waals surface area contributed by atoms with Gasteiger partial charge in [0.25, 0.3) is 0 Å². The predicted molar refractivity (Wildman–Crippen MR) is 189 cm³/mol. The Bertz CT molecular complexity index is 1230. The quantitative estimate of drug-likeness (QED) is 0.180. The number of carbonyl (C=O) groups is 2. The number of hydrogen-bond acceptors (Lipinski definition) is 5. The summed E-state index contributed by atoms with van der Waals surface area (Å²) in [6, 6.07) is 0. The highest BCUT2D eigenvalue weighted by molar-refractivity contribution is 5.90. The summed E-state index contributed by atoms with van der Waals surface area (Å²) in [5, 5.41) is 11.6. The number of nitrogens with zero attached hydrogens (tertiary/aromatic N) is 2. The number of carboxylic acid groups (broad SMARTS) is 1. The molecule has 6 heteroatoms. The lowest BCUT2D eigenvalue weighted by Crippen LogP contribution is -2.65. The van der Waals surface area contributed by atoms with Gasteiger partial charge in [0.15, 0.2) is 0 Å². The van der Waals surface area contributed by atoms with Gasteiger partial charge in [-0.1, -0.05) is 70.9 Å². The van der Waals surface area contributed by atoms with Crippen LogP contribution in [-0.2, 0) is 14.3 Å². The van der Waals surface area contributed by atoms with Crippen molar-refractivity contribution in [3.63, 3.8) is 0 Å². The first-order valence-corrected chi connectivity index (χ1v) is 20.8. The molecule has 0 aromatic rings. The number of aldehydes is 1. The minimum absolute atomic E-state index is 0.0832. The number of fused-ring (bicyclic) bond motifs is 2. The molecule has 4 saturated carbocycles. The van der Waals surface area contributed by atoms with Gasteiger partial charge in [-0.25, -0.2) is 0 Å². The molecule has 5 aliphatic carbocycles. The third-order valence-electron chi connectivity index (χ3n) is 16.5. The van der Waals surface area contributed by atoms with E-state index in [-0.39, 0.29) is 30.0 Å². The Morgan fingerprint density at radius 3 is 2.40 bits per heavy atom. The number of carboxylic acids is 1. The van der Waals surface area contributed by atoms with Gasteiger partial charge in [0, 0.05) is 12.0 Å². The highest BCUT2D eigenvalue weighted by atomic mass is 16.5. The van der Waals surface area contributed by atoms with Crippen molar-refractivity contribution in [1.29, 1.82) is 0 Å². The van der Waals surface area contributed by atoms with Crippen molar-refractivity contribution < 1.29 is 19.4 Å². The van der Waals surface area contributed by atoms with Crippen LogP contribution in [0.1, 0.15) is 124 Å². The van der Waals surface area contributed by atoms with E-state index in [0.29, 0.717) is 17.8 Å². The molecule has 8 aliphatic rings. The molecular weight excluding hydrogens is 596 g/mol. The number of carbonyl (C=O) groups excluding carboxylic acids is 1. The lowest BCUT2D eigenvalue weighted by atomic mass is 9.41. The maximum atomic E-state index is 14.2. The lowest BCUT2D eigenvalue weighted by molar-refractivity contribution is -0.197. The summed E-state index contributed by atoms with van der Waals surface area (Å²) in [5.41, 5.74) is -1.38. The highest BCUT2D eigenvalue weighted by Crippen LogP contribution is 2.84. The molecule has 3 unspecified atom stereocenters. The summed E-state index contributed by atoms with van der Waals surface area (Å²) in [4.78, 5) is 33.3. The second-order valence-electron chi connectivity index (χ2n) is 18.9. The molecule has 8 rings (SSSR count). The zero-order valence-electron chi connectivity index (χ0n) is 30.6. The molecule has 6 nitrogen and oxygen atoms in total. The Morgan fingerprint density at radius 2 is 1.71 bits per heavy atom. The Balaban J connectivity index is 1.06. The van der Waals surface area contributed by atoms with Gasteiger partial charge in [-0.05, 0) is 144 Å². The zero-order valence-corrected chi connectivity index (χ0v) is 30.6. The smallest absolute Gasteiger partial charge is 0.315 e. The second kappa shape index (κ2) is 13.1. The molecule has 3 aliphatic heterocycles. The molecule has 0 amide bonds. The van der Waals surface area contributed by atoms with Crippen LogP contribution in [0.15, 0.2) is 11.6 Å². The second-order valence-corrected chi connectivity index (χ2v) is 18.9. The Labute approximate surface area is 291 Å². The molecule has 10 atom stereocenters. The van der Waals surface area contributed by atoms with Crippen molar-refractivity contribution in [2.75, 3.05) is 39.3 Å². The third kappa shape index (κ3) is 5.01. The molecule has 1 N–H and O–H groups in total. The Hall–Kier alpha value is -1.24. The van der Waals surface area contributed by atoms with Crippen LogP contribution in [0.25, 0.3) is 0 Å². The average molecular weight is 663 g/mol.